The number of para-hydroxylation sites is 6. The Labute approximate surface area is 459 Å². The molecule has 0 bridgehead atoms. The number of likely N-dealkylation sites (tertiary alicyclic amines) is 6. The van der Waals surface area contributed by atoms with Gasteiger partial charge in [0.15, 0.2) is 0 Å². The first-order valence-electron chi connectivity index (χ1n) is 29.6. The minimum atomic E-state index is -0.268. The number of nitrogens with zero attached hydrogens (tertiary/aromatic N) is 6. The molecule has 6 aromatic carbocycles. The van der Waals surface area contributed by atoms with Crippen molar-refractivity contribution >= 4 is 34.1 Å². The number of benzene rings is 6. The largest absolute Gasteiger partial charge is 0.369 e. The molecule has 0 unspecified atom stereocenters. The van der Waals surface area contributed by atoms with E-state index in [9.17, 15) is 0 Å². The van der Waals surface area contributed by atoms with Crippen LogP contribution < -0.4 is 31.9 Å². The number of rotatable bonds is 5. The van der Waals surface area contributed by atoms with Crippen molar-refractivity contribution in [3.63, 3.8) is 0 Å². The second kappa shape index (κ2) is 15.0. The Kier molecular flexibility index (Phi) is 8.79. The molecule has 0 spiro atoms. The highest BCUT2D eigenvalue weighted by molar-refractivity contribution is 5.85. The molecule has 0 aliphatic carbocycles. The van der Waals surface area contributed by atoms with Gasteiger partial charge in [0.05, 0.1) is 58.7 Å². The van der Waals surface area contributed by atoms with E-state index in [1.165, 1.54) is 89.8 Å². The van der Waals surface area contributed by atoms with Crippen molar-refractivity contribution in [3.05, 3.63) is 177 Å². The van der Waals surface area contributed by atoms with Crippen molar-refractivity contribution in [2.24, 2.45) is 0 Å². The molecule has 6 fully saturated rings. The summed E-state index contributed by atoms with van der Waals surface area (Å²) in [6.07, 6.45) is 7.53. The Balaban J connectivity index is 0.795. The molecule has 0 aromatic heterocycles. The van der Waals surface area contributed by atoms with Crippen molar-refractivity contribution in [1.29, 1.82) is 0 Å². The summed E-state index contributed by atoms with van der Waals surface area (Å²) in [6, 6.07) is 48.2. The first-order chi connectivity index (χ1) is 38.0. The lowest BCUT2D eigenvalue weighted by Gasteiger charge is -2.48. The van der Waals surface area contributed by atoms with Gasteiger partial charge in [-0.05, 0) is 149 Å². The van der Waals surface area contributed by atoms with Crippen LogP contribution >= 0.6 is 0 Å². The summed E-state index contributed by atoms with van der Waals surface area (Å²) in [5, 5.41) is 25.7. The molecule has 398 valence electrons. The van der Waals surface area contributed by atoms with Gasteiger partial charge in [-0.25, -0.2) is 0 Å². The van der Waals surface area contributed by atoms with Gasteiger partial charge in [-0.3, -0.25) is 29.4 Å². The third-order valence-electron chi connectivity index (χ3n) is 24.0. The summed E-state index contributed by atoms with van der Waals surface area (Å²) < 4.78 is 0. The van der Waals surface area contributed by atoms with E-state index in [1.54, 1.807) is 0 Å². The average Bonchev–Trinajstić information content (AvgIpc) is 3.29. The van der Waals surface area contributed by atoms with Crippen LogP contribution in [-0.4, -0.2) is 148 Å². The molecule has 6 saturated heterocycles. The zero-order chi connectivity index (χ0) is 52.0. The molecule has 12 aliphatic rings. The van der Waals surface area contributed by atoms with Gasteiger partial charge in [0, 0.05) is 84.2 Å². The topological polar surface area (TPSA) is 91.6 Å². The summed E-state index contributed by atoms with van der Waals surface area (Å²) in [7, 11) is 14.1. The van der Waals surface area contributed by atoms with Gasteiger partial charge in [0.1, 0.15) is 0 Å². The lowest BCUT2D eigenvalue weighted by atomic mass is 9.54. The molecule has 12 atom stereocenters. The fourth-order valence-corrected chi connectivity index (χ4v) is 20.8. The summed E-state index contributed by atoms with van der Waals surface area (Å²) >= 11 is 0. The maximum atomic E-state index is 4.44. The highest BCUT2D eigenvalue weighted by Crippen LogP contribution is 2.70. The van der Waals surface area contributed by atoms with Gasteiger partial charge in [0.25, 0.3) is 0 Å². The molecular formula is C66H74N12. The smallest absolute Gasteiger partial charge is 0.0933 e. The van der Waals surface area contributed by atoms with Crippen LogP contribution in [0, 0.1) is 0 Å². The molecule has 12 aliphatic heterocycles. The predicted octanol–water partition coefficient (Wildman–Crippen LogP) is 8.53. The summed E-state index contributed by atoms with van der Waals surface area (Å²) in [6.45, 7) is 6.32. The van der Waals surface area contributed by atoms with Gasteiger partial charge < -0.3 is 31.9 Å². The monoisotopic (exact) mass is 1030 g/mol. The van der Waals surface area contributed by atoms with Crippen LogP contribution in [-0.2, 0) is 32.5 Å². The highest BCUT2D eigenvalue weighted by Gasteiger charge is 2.72. The van der Waals surface area contributed by atoms with Gasteiger partial charge in [-0.2, -0.15) is 0 Å². The van der Waals surface area contributed by atoms with Gasteiger partial charge in [-0.15, -0.1) is 0 Å². The van der Waals surface area contributed by atoms with E-state index in [1.807, 2.05) is 0 Å². The van der Waals surface area contributed by atoms with Crippen LogP contribution in [0.4, 0.5) is 34.1 Å². The molecule has 12 nitrogen and oxygen atoms in total. The normalized spacial score (nSPS) is 38.1. The lowest BCUT2D eigenvalue weighted by molar-refractivity contribution is 0.147. The zero-order valence-electron chi connectivity index (χ0n) is 46.2. The second-order valence-corrected chi connectivity index (χ2v) is 26.5. The molecule has 6 aromatic rings. The minimum absolute atomic E-state index is 0.0700. The van der Waals surface area contributed by atoms with Crippen LogP contribution in [0.2, 0.25) is 0 Å². The molecular weight excluding hydrogens is 961 g/mol. The number of hydrogen-bond acceptors (Lipinski definition) is 12. The molecule has 12 heterocycles. The quantitative estimate of drug-likeness (QED) is 0.100. The number of anilines is 6. The SMILES string of the molecule is CN1CC[C@]2(c3cccc4c3N[C@@H]3N(C)CC[C@]43c3cccc4c3N[C@@H]3N(C)CC[C@]43c3cccc4c3N[C@@H]3N(C)CC[C@]43[C@@]34CCN(C)[C@@H]3Nc3ccccc34)c3cccc([C@]45CCN(C)[C@H]4Nc4ccccc45)c3N[C@H]12. The third kappa shape index (κ3) is 4.87. The van der Waals surface area contributed by atoms with Crippen LogP contribution in [0.5, 0.6) is 0 Å². The number of hydrogen-bond donors (Lipinski definition) is 6. The fraction of sp³-hybridized carbons (Fsp3) is 0.455. The van der Waals surface area contributed by atoms with E-state index in [0.29, 0.717) is 0 Å². The van der Waals surface area contributed by atoms with E-state index in [0.717, 1.165) is 77.8 Å². The van der Waals surface area contributed by atoms with E-state index < -0.39 is 0 Å². The summed E-state index contributed by atoms with van der Waals surface area (Å²) in [5.74, 6) is 0. The van der Waals surface area contributed by atoms with Gasteiger partial charge in [0.2, 0.25) is 0 Å². The molecule has 0 saturated carbocycles. The number of nitrogens with one attached hydrogen (secondary N) is 6. The Morgan fingerprint density at radius 2 is 0.526 bits per heavy atom. The first kappa shape index (κ1) is 45.7. The Bertz CT molecular complexity index is 3600. The van der Waals surface area contributed by atoms with Crippen LogP contribution in [0.25, 0.3) is 0 Å². The van der Waals surface area contributed by atoms with Gasteiger partial charge >= 0.3 is 0 Å². The lowest BCUT2D eigenvalue weighted by Crippen LogP contribution is -2.60. The maximum absolute atomic E-state index is 4.44. The van der Waals surface area contributed by atoms with Crippen molar-refractivity contribution in [1.82, 2.24) is 29.4 Å². The third-order valence-corrected chi connectivity index (χ3v) is 24.0. The van der Waals surface area contributed by atoms with E-state index in [4.69, 9.17) is 0 Å². The van der Waals surface area contributed by atoms with Gasteiger partial charge in [-0.1, -0.05) is 109 Å². The van der Waals surface area contributed by atoms with E-state index >= 15 is 0 Å². The molecule has 18 rings (SSSR count). The van der Waals surface area contributed by atoms with Crippen molar-refractivity contribution in [2.75, 3.05) is 113 Å². The standard InChI is InChI=1S/C66H74N12/c1-73-33-27-61(39-15-7-9-25-49(39)67-55(61)73)41-17-11-18-42-51(41)69-56-62(42,28-34-74(56)2)43-19-12-20-44-52(43)70-57-63(44,29-35-75(57)3)45-21-13-22-46-53(45)71-58-64(46,30-36-76(58)4)47-23-14-24-48-54(47)72-60-66(48,32-38-78(60)6)65-31-37-77(5)59(65)68-50-26-10-8-16-40(50)65/h7-26,55-60,67-72H,27-38H2,1-6H3/t55-,56-,57-,58-,59+,60-,61-,62-,63-,64-,65-,66+/m1/s1. The number of fused-ring (bicyclic) bond motifs is 19. The fourth-order valence-electron chi connectivity index (χ4n) is 20.8. The maximum Gasteiger partial charge on any atom is 0.0933 e. The van der Waals surface area contributed by atoms with Crippen molar-refractivity contribution in [2.45, 2.75) is 108 Å². The number of likely N-dealkylation sites (N-methyl/N-ethyl adjacent to an activating group) is 6. The molecule has 6 N–H and O–H groups in total. The minimum Gasteiger partial charge on any atom is -0.369 e. The predicted molar refractivity (Wildman–Crippen MR) is 313 cm³/mol. The highest BCUT2D eigenvalue weighted by atomic mass is 15.4. The van der Waals surface area contributed by atoms with Crippen LogP contribution in [0.3, 0.4) is 0 Å². The second-order valence-electron chi connectivity index (χ2n) is 26.5. The first-order valence-corrected chi connectivity index (χ1v) is 29.6. The van der Waals surface area contributed by atoms with E-state index in [-0.39, 0.29) is 69.5 Å². The van der Waals surface area contributed by atoms with Crippen molar-refractivity contribution < 1.29 is 0 Å². The Hall–Kier alpha value is -6.12. The molecule has 0 radical (unpaired) electrons. The summed E-state index contributed by atoms with van der Waals surface area (Å²) in [5.41, 5.74) is 21.6. The summed E-state index contributed by atoms with van der Waals surface area (Å²) in [4.78, 5) is 15.7. The van der Waals surface area contributed by atoms with Crippen LogP contribution in [0.1, 0.15) is 94.2 Å². The van der Waals surface area contributed by atoms with Crippen molar-refractivity contribution in [3.8, 4) is 0 Å². The molecule has 12 heteroatoms. The Morgan fingerprint density at radius 1 is 0.269 bits per heavy atom. The van der Waals surface area contributed by atoms with E-state index in [2.05, 4.69) is 225 Å². The van der Waals surface area contributed by atoms with Crippen LogP contribution in [0.15, 0.2) is 121 Å². The Morgan fingerprint density at radius 3 is 0.962 bits per heavy atom. The molecule has 78 heavy (non-hydrogen) atoms. The zero-order valence-corrected chi connectivity index (χ0v) is 46.2. The molecule has 0 amide bonds. The average molecular weight is 1040 g/mol.